The second-order valence-corrected chi connectivity index (χ2v) is 9.47. The largest absolute Gasteiger partial charge is 0.370 e. The van der Waals surface area contributed by atoms with Gasteiger partial charge in [0.05, 0.1) is 12.1 Å². The lowest BCUT2D eigenvalue weighted by Crippen LogP contribution is -2.36. The molecule has 0 radical (unpaired) electrons. The van der Waals surface area contributed by atoms with Gasteiger partial charge in [-0.3, -0.25) is 9.59 Å². The van der Waals surface area contributed by atoms with Crippen LogP contribution in [0.4, 0.5) is 4.79 Å². The number of carbonyl (C=O) groups excluding carboxylic acids is 3. The minimum Gasteiger partial charge on any atom is -0.370 e. The maximum Gasteiger partial charge on any atom is 0.315 e. The monoisotopic (exact) mass is 502 g/mol. The number of unbranched alkanes of at least 4 members (excludes halogenated alkanes) is 6. The van der Waals surface area contributed by atoms with Gasteiger partial charge in [0.1, 0.15) is 0 Å². The molecule has 5 N–H and O–H groups in total. The third kappa shape index (κ3) is 18.0. The zero-order valence-corrected chi connectivity index (χ0v) is 23.7. The number of amides is 4. The number of nitrogens with one attached hydrogen (secondary N) is 3. The van der Waals surface area contributed by atoms with Gasteiger partial charge in [0.25, 0.3) is 0 Å². The first-order chi connectivity index (χ1) is 16.5. The predicted molar refractivity (Wildman–Crippen MR) is 147 cm³/mol. The Morgan fingerprint density at radius 2 is 1.53 bits per heavy atom. The van der Waals surface area contributed by atoms with E-state index in [2.05, 4.69) is 29.8 Å². The van der Waals surface area contributed by atoms with Gasteiger partial charge in [-0.1, -0.05) is 80.1 Å². The molecule has 0 spiro atoms. The van der Waals surface area contributed by atoms with E-state index in [1.54, 1.807) is 0 Å². The molecule has 0 aromatic rings. The zero-order chi connectivity index (χ0) is 26.2. The molecule has 0 bridgehead atoms. The molecular weight excluding hydrogens is 448 g/mol. The predicted octanol–water partition coefficient (Wildman–Crippen LogP) is 5.51. The first-order valence-corrected chi connectivity index (χ1v) is 14.8. The van der Waals surface area contributed by atoms with E-state index in [9.17, 15) is 14.4 Å². The third-order valence-corrected chi connectivity index (χ3v) is 6.97. The zero-order valence-electron chi connectivity index (χ0n) is 22.8. The van der Waals surface area contributed by atoms with Crippen molar-refractivity contribution in [3.63, 3.8) is 0 Å². The minimum absolute atomic E-state index is 0.0505. The van der Waals surface area contributed by atoms with E-state index < -0.39 is 0 Å². The van der Waals surface area contributed by atoms with Crippen LogP contribution in [-0.4, -0.2) is 47.5 Å². The Hall–Kier alpha value is -1.44. The van der Waals surface area contributed by atoms with E-state index in [-0.39, 0.29) is 29.9 Å². The summed E-state index contributed by atoms with van der Waals surface area (Å²) in [4.78, 5) is 33.6. The Kier molecular flexibility index (Phi) is 25.2. The summed E-state index contributed by atoms with van der Waals surface area (Å²) in [7, 11) is 0. The van der Waals surface area contributed by atoms with Crippen molar-refractivity contribution in [3.8, 4) is 0 Å². The molecule has 0 saturated carbocycles. The standard InChI is InChI=1S/C16H28N4O3S.C6H14.2C2H6/c17-13(21)7-2-1-5-9-18-14(22)8-4-3-6-12-15-11(10-24-12)19-16(23)20-15;1-3-5-6-4-2;2*1-2/h11-12,15H,1-10H2,(H2,17,21)(H,18,22)(H2,19,20,23);3-6H2,1-2H3;2*1-2H3/t11?,12-,15?;;;/m0.../s1. The fourth-order valence-electron chi connectivity index (χ4n) is 3.69. The fraction of sp³-hybridized carbons (Fsp3) is 0.885. The van der Waals surface area contributed by atoms with E-state index in [0.29, 0.717) is 24.6 Å². The van der Waals surface area contributed by atoms with Crippen molar-refractivity contribution in [2.24, 2.45) is 5.73 Å². The molecule has 2 heterocycles. The van der Waals surface area contributed by atoms with Crippen LogP contribution in [0.15, 0.2) is 0 Å². The Labute approximate surface area is 213 Å². The van der Waals surface area contributed by atoms with Crippen molar-refractivity contribution in [2.75, 3.05) is 12.3 Å². The van der Waals surface area contributed by atoms with Gasteiger partial charge in [0.2, 0.25) is 11.8 Å². The molecule has 2 fully saturated rings. The number of rotatable bonds is 14. The SMILES string of the molecule is CC.CC.CCCCCC.NC(=O)CCCCCNC(=O)CCCC[C@@H]1SCC2NC(=O)NC21. The van der Waals surface area contributed by atoms with Crippen molar-refractivity contribution >= 4 is 29.6 Å². The normalized spacial score (nSPS) is 19.6. The summed E-state index contributed by atoms with van der Waals surface area (Å²) < 4.78 is 0. The van der Waals surface area contributed by atoms with Crippen molar-refractivity contribution in [3.05, 3.63) is 0 Å². The molecule has 202 valence electrons. The number of hydrogen-bond acceptors (Lipinski definition) is 4. The lowest BCUT2D eigenvalue weighted by atomic mass is 10.0. The van der Waals surface area contributed by atoms with Gasteiger partial charge in [-0.2, -0.15) is 11.8 Å². The van der Waals surface area contributed by atoms with Crippen LogP contribution in [0.25, 0.3) is 0 Å². The number of fused-ring (bicyclic) bond motifs is 1. The van der Waals surface area contributed by atoms with Crippen LogP contribution in [0, 0.1) is 0 Å². The lowest BCUT2D eigenvalue weighted by molar-refractivity contribution is -0.121. The quantitative estimate of drug-likeness (QED) is 0.185. The first-order valence-electron chi connectivity index (χ1n) is 13.7. The highest BCUT2D eigenvalue weighted by Crippen LogP contribution is 2.33. The maximum absolute atomic E-state index is 11.7. The number of nitrogens with two attached hydrogens (primary N) is 1. The lowest BCUT2D eigenvalue weighted by Gasteiger charge is -2.16. The van der Waals surface area contributed by atoms with Gasteiger partial charge >= 0.3 is 6.03 Å². The Morgan fingerprint density at radius 3 is 2.12 bits per heavy atom. The van der Waals surface area contributed by atoms with Gasteiger partial charge in [-0.25, -0.2) is 4.79 Å². The highest BCUT2D eigenvalue weighted by molar-refractivity contribution is 8.00. The van der Waals surface area contributed by atoms with Gasteiger partial charge in [0, 0.05) is 30.4 Å². The van der Waals surface area contributed by atoms with Gasteiger partial charge < -0.3 is 21.7 Å². The summed E-state index contributed by atoms with van der Waals surface area (Å²) in [5.74, 6) is 0.807. The second kappa shape index (κ2) is 24.7. The number of carbonyl (C=O) groups is 3. The summed E-state index contributed by atoms with van der Waals surface area (Å²) in [6.07, 6.45) is 12.0. The second-order valence-electron chi connectivity index (χ2n) is 8.20. The van der Waals surface area contributed by atoms with Crippen molar-refractivity contribution in [1.29, 1.82) is 0 Å². The number of hydrogen-bond donors (Lipinski definition) is 4. The van der Waals surface area contributed by atoms with E-state index in [0.717, 1.165) is 44.3 Å². The molecule has 2 rings (SSSR count). The van der Waals surface area contributed by atoms with Crippen molar-refractivity contribution in [1.82, 2.24) is 16.0 Å². The van der Waals surface area contributed by atoms with E-state index in [1.807, 2.05) is 39.5 Å². The Balaban J connectivity index is 0. The van der Waals surface area contributed by atoms with E-state index in [4.69, 9.17) is 5.73 Å². The molecule has 2 saturated heterocycles. The van der Waals surface area contributed by atoms with Crippen LogP contribution < -0.4 is 21.7 Å². The smallest absolute Gasteiger partial charge is 0.315 e. The third-order valence-electron chi connectivity index (χ3n) is 5.46. The van der Waals surface area contributed by atoms with E-state index >= 15 is 0 Å². The summed E-state index contributed by atoms with van der Waals surface area (Å²) >= 11 is 1.91. The molecule has 3 atom stereocenters. The van der Waals surface area contributed by atoms with Gasteiger partial charge in [0.15, 0.2) is 0 Å². The molecule has 0 aromatic carbocycles. The summed E-state index contributed by atoms with van der Waals surface area (Å²) in [6.45, 7) is 13.1. The van der Waals surface area contributed by atoms with Gasteiger partial charge in [-0.05, 0) is 25.7 Å². The van der Waals surface area contributed by atoms with Crippen molar-refractivity contribution in [2.45, 2.75) is 136 Å². The first kappa shape index (κ1) is 34.7. The summed E-state index contributed by atoms with van der Waals surface area (Å²) in [6, 6.07) is 0.465. The number of urea groups is 1. The molecule has 0 aromatic heterocycles. The molecule has 8 heteroatoms. The Morgan fingerprint density at radius 1 is 0.912 bits per heavy atom. The van der Waals surface area contributed by atoms with E-state index in [1.165, 1.54) is 25.7 Å². The Bertz CT molecular complexity index is 516. The number of thioether (sulfide) groups is 1. The highest BCUT2D eigenvalue weighted by atomic mass is 32.2. The molecule has 2 aliphatic heterocycles. The molecule has 4 amide bonds. The average molecular weight is 503 g/mol. The van der Waals surface area contributed by atoms with Crippen LogP contribution in [0.2, 0.25) is 0 Å². The molecule has 7 nitrogen and oxygen atoms in total. The summed E-state index contributed by atoms with van der Waals surface area (Å²) in [5.41, 5.74) is 5.07. The molecule has 2 unspecified atom stereocenters. The van der Waals surface area contributed by atoms with Crippen LogP contribution in [0.5, 0.6) is 0 Å². The van der Waals surface area contributed by atoms with Crippen LogP contribution in [-0.2, 0) is 9.59 Å². The molecule has 34 heavy (non-hydrogen) atoms. The van der Waals surface area contributed by atoms with Gasteiger partial charge in [-0.15, -0.1) is 0 Å². The molecular formula is C26H54N4O3S. The highest BCUT2D eigenvalue weighted by Gasteiger charge is 2.42. The van der Waals surface area contributed by atoms with Crippen LogP contribution in [0.1, 0.15) is 119 Å². The topological polar surface area (TPSA) is 113 Å². The molecule has 2 aliphatic rings. The molecule has 0 aliphatic carbocycles. The minimum atomic E-state index is -0.265. The summed E-state index contributed by atoms with van der Waals surface area (Å²) in [5, 5.41) is 9.30. The number of primary amides is 1. The average Bonchev–Trinajstić information content (AvgIpc) is 3.39. The maximum atomic E-state index is 11.7. The van der Waals surface area contributed by atoms with Crippen LogP contribution >= 0.6 is 11.8 Å². The van der Waals surface area contributed by atoms with Crippen LogP contribution in [0.3, 0.4) is 0 Å². The van der Waals surface area contributed by atoms with Crippen molar-refractivity contribution < 1.29 is 14.4 Å². The fourth-order valence-corrected chi connectivity index (χ4v) is 5.23.